The normalized spacial score (nSPS) is 16.3. The average molecular weight is 330 g/mol. The molecule has 1 fully saturated rings. The Kier molecular flexibility index (Phi) is 5.66. The standard InChI is InChI=1S/C18H22N2O2S/c21-18-6-8-19(14-16-7-13-23-15-16)9-10-20(18)11-12-22-17-4-2-1-3-5-17/h1-5,7,13,15H,6,8-12,14H2. The Morgan fingerprint density at radius 2 is 1.96 bits per heavy atom. The van der Waals surface area contributed by atoms with Crippen LogP contribution in [-0.4, -0.2) is 48.5 Å². The first-order valence-electron chi connectivity index (χ1n) is 8.00. The van der Waals surface area contributed by atoms with Crippen molar-refractivity contribution in [3.63, 3.8) is 0 Å². The molecule has 1 aromatic carbocycles. The smallest absolute Gasteiger partial charge is 0.224 e. The molecule has 0 saturated carbocycles. The van der Waals surface area contributed by atoms with Gasteiger partial charge in [-0.05, 0) is 34.5 Å². The van der Waals surface area contributed by atoms with E-state index in [-0.39, 0.29) is 5.91 Å². The zero-order valence-corrected chi connectivity index (χ0v) is 14.0. The van der Waals surface area contributed by atoms with Gasteiger partial charge >= 0.3 is 0 Å². The van der Waals surface area contributed by atoms with E-state index in [0.29, 0.717) is 19.6 Å². The van der Waals surface area contributed by atoms with Gasteiger partial charge in [-0.2, -0.15) is 11.3 Å². The van der Waals surface area contributed by atoms with Crippen molar-refractivity contribution in [2.75, 3.05) is 32.8 Å². The Morgan fingerprint density at radius 3 is 2.74 bits per heavy atom. The predicted octanol–water partition coefficient (Wildman–Crippen LogP) is 2.86. The summed E-state index contributed by atoms with van der Waals surface area (Å²) >= 11 is 1.72. The average Bonchev–Trinajstić information content (AvgIpc) is 3.02. The number of amides is 1. The number of ether oxygens (including phenoxy) is 1. The van der Waals surface area contributed by atoms with E-state index in [4.69, 9.17) is 4.74 Å². The molecule has 0 atom stereocenters. The highest BCUT2D eigenvalue weighted by atomic mass is 32.1. The van der Waals surface area contributed by atoms with Crippen LogP contribution in [0, 0.1) is 0 Å². The van der Waals surface area contributed by atoms with Gasteiger partial charge in [0.1, 0.15) is 12.4 Å². The van der Waals surface area contributed by atoms with Crippen LogP contribution in [0.15, 0.2) is 47.2 Å². The Morgan fingerprint density at radius 1 is 1.09 bits per heavy atom. The minimum Gasteiger partial charge on any atom is -0.492 e. The maximum absolute atomic E-state index is 12.3. The fourth-order valence-corrected chi connectivity index (χ4v) is 3.40. The lowest BCUT2D eigenvalue weighted by Crippen LogP contribution is -2.36. The molecule has 3 rings (SSSR count). The molecule has 23 heavy (non-hydrogen) atoms. The van der Waals surface area contributed by atoms with Crippen LogP contribution in [0.5, 0.6) is 5.75 Å². The van der Waals surface area contributed by atoms with Gasteiger partial charge in [0.15, 0.2) is 0 Å². The van der Waals surface area contributed by atoms with Crippen molar-refractivity contribution < 1.29 is 9.53 Å². The molecule has 1 saturated heterocycles. The van der Waals surface area contributed by atoms with Gasteiger partial charge in [0.2, 0.25) is 5.91 Å². The molecule has 2 aromatic rings. The second kappa shape index (κ2) is 8.13. The van der Waals surface area contributed by atoms with E-state index in [1.807, 2.05) is 35.2 Å². The van der Waals surface area contributed by atoms with E-state index in [1.165, 1.54) is 5.56 Å². The van der Waals surface area contributed by atoms with Gasteiger partial charge in [0.05, 0.1) is 6.54 Å². The molecule has 0 N–H and O–H groups in total. The third-order valence-electron chi connectivity index (χ3n) is 4.04. The number of hydrogen-bond acceptors (Lipinski definition) is 4. The monoisotopic (exact) mass is 330 g/mol. The first-order chi connectivity index (χ1) is 11.3. The van der Waals surface area contributed by atoms with Gasteiger partial charge < -0.3 is 9.64 Å². The van der Waals surface area contributed by atoms with E-state index >= 15 is 0 Å². The molecule has 0 bridgehead atoms. The molecule has 1 amide bonds. The molecular formula is C18H22N2O2S. The highest BCUT2D eigenvalue weighted by Crippen LogP contribution is 2.13. The van der Waals surface area contributed by atoms with Crippen molar-refractivity contribution in [2.24, 2.45) is 0 Å². The second-order valence-corrected chi connectivity index (χ2v) is 6.48. The summed E-state index contributed by atoms with van der Waals surface area (Å²) in [7, 11) is 0. The predicted molar refractivity (Wildman–Crippen MR) is 92.7 cm³/mol. The van der Waals surface area contributed by atoms with Crippen LogP contribution < -0.4 is 4.74 Å². The maximum atomic E-state index is 12.3. The molecule has 2 heterocycles. The van der Waals surface area contributed by atoms with E-state index in [1.54, 1.807) is 11.3 Å². The number of hydrogen-bond donors (Lipinski definition) is 0. The number of rotatable bonds is 6. The van der Waals surface area contributed by atoms with Crippen LogP contribution in [0.1, 0.15) is 12.0 Å². The minimum atomic E-state index is 0.231. The van der Waals surface area contributed by atoms with Crippen LogP contribution in [0.2, 0.25) is 0 Å². The van der Waals surface area contributed by atoms with E-state index in [9.17, 15) is 4.79 Å². The summed E-state index contributed by atoms with van der Waals surface area (Å²) in [4.78, 5) is 16.5. The lowest BCUT2D eigenvalue weighted by molar-refractivity contribution is -0.130. The Bertz CT molecular complexity index is 601. The Labute approximate surface area is 141 Å². The van der Waals surface area contributed by atoms with Crippen LogP contribution in [0.4, 0.5) is 0 Å². The summed E-state index contributed by atoms with van der Waals surface area (Å²) in [5, 5.41) is 4.28. The SMILES string of the molecule is O=C1CCN(Cc2ccsc2)CCN1CCOc1ccccc1. The molecule has 0 unspecified atom stereocenters. The number of nitrogens with zero attached hydrogens (tertiary/aromatic N) is 2. The molecule has 4 nitrogen and oxygen atoms in total. The summed E-state index contributed by atoms with van der Waals surface area (Å²) < 4.78 is 5.70. The van der Waals surface area contributed by atoms with Crippen molar-refractivity contribution in [2.45, 2.75) is 13.0 Å². The third-order valence-corrected chi connectivity index (χ3v) is 4.77. The quantitative estimate of drug-likeness (QED) is 0.816. The first-order valence-corrected chi connectivity index (χ1v) is 8.94. The highest BCUT2D eigenvalue weighted by Gasteiger charge is 2.20. The Balaban J connectivity index is 1.46. The van der Waals surface area contributed by atoms with E-state index in [0.717, 1.165) is 31.9 Å². The topological polar surface area (TPSA) is 32.8 Å². The van der Waals surface area contributed by atoms with Crippen LogP contribution in [0.25, 0.3) is 0 Å². The zero-order valence-electron chi connectivity index (χ0n) is 13.2. The molecule has 0 radical (unpaired) electrons. The lowest BCUT2D eigenvalue weighted by atomic mass is 10.3. The largest absolute Gasteiger partial charge is 0.492 e. The van der Waals surface area contributed by atoms with Crippen molar-refractivity contribution in [1.29, 1.82) is 0 Å². The van der Waals surface area contributed by atoms with Crippen molar-refractivity contribution in [3.05, 3.63) is 52.7 Å². The van der Waals surface area contributed by atoms with Gasteiger partial charge in [0, 0.05) is 32.6 Å². The van der Waals surface area contributed by atoms with E-state index in [2.05, 4.69) is 21.7 Å². The van der Waals surface area contributed by atoms with Crippen LogP contribution in [-0.2, 0) is 11.3 Å². The summed E-state index contributed by atoms with van der Waals surface area (Å²) in [5.74, 6) is 1.09. The van der Waals surface area contributed by atoms with Crippen molar-refractivity contribution >= 4 is 17.2 Å². The van der Waals surface area contributed by atoms with Gasteiger partial charge in [-0.25, -0.2) is 0 Å². The third kappa shape index (κ3) is 4.81. The highest BCUT2D eigenvalue weighted by molar-refractivity contribution is 7.07. The molecule has 0 aliphatic carbocycles. The molecule has 5 heteroatoms. The summed E-state index contributed by atoms with van der Waals surface area (Å²) in [5.41, 5.74) is 1.34. The van der Waals surface area contributed by atoms with Crippen LogP contribution >= 0.6 is 11.3 Å². The molecular weight excluding hydrogens is 308 g/mol. The van der Waals surface area contributed by atoms with Crippen molar-refractivity contribution in [1.82, 2.24) is 9.80 Å². The zero-order chi connectivity index (χ0) is 15.9. The van der Waals surface area contributed by atoms with Gasteiger partial charge in [-0.3, -0.25) is 9.69 Å². The summed E-state index contributed by atoms with van der Waals surface area (Å²) in [6, 6.07) is 11.9. The summed E-state index contributed by atoms with van der Waals surface area (Å²) in [6.07, 6.45) is 0.593. The first kappa shape index (κ1) is 16.0. The number of thiophene rings is 1. The number of para-hydroxylation sites is 1. The van der Waals surface area contributed by atoms with Crippen LogP contribution in [0.3, 0.4) is 0 Å². The fraction of sp³-hybridized carbons (Fsp3) is 0.389. The fourth-order valence-electron chi connectivity index (χ4n) is 2.74. The minimum absolute atomic E-state index is 0.231. The molecule has 1 aliphatic rings. The molecule has 122 valence electrons. The Hall–Kier alpha value is -1.85. The van der Waals surface area contributed by atoms with Gasteiger partial charge in [-0.15, -0.1) is 0 Å². The van der Waals surface area contributed by atoms with E-state index < -0.39 is 0 Å². The number of carbonyl (C=O) groups excluding carboxylic acids is 1. The van der Waals surface area contributed by atoms with Gasteiger partial charge in [0.25, 0.3) is 0 Å². The molecule has 0 spiro atoms. The summed E-state index contributed by atoms with van der Waals surface area (Å²) in [6.45, 7) is 4.67. The lowest BCUT2D eigenvalue weighted by Gasteiger charge is -2.22. The number of benzene rings is 1. The molecule has 1 aliphatic heterocycles. The van der Waals surface area contributed by atoms with Crippen molar-refractivity contribution in [3.8, 4) is 5.75 Å². The number of carbonyl (C=O) groups is 1. The molecule has 1 aromatic heterocycles. The van der Waals surface area contributed by atoms with Gasteiger partial charge in [-0.1, -0.05) is 18.2 Å². The maximum Gasteiger partial charge on any atom is 0.224 e. The second-order valence-electron chi connectivity index (χ2n) is 5.70.